The number of hydrogen-bond acceptors (Lipinski definition) is 1. The van der Waals surface area contributed by atoms with Gasteiger partial charge in [0.1, 0.15) is 0 Å². The van der Waals surface area contributed by atoms with E-state index in [4.69, 9.17) is 4.74 Å². The van der Waals surface area contributed by atoms with Gasteiger partial charge in [-0.1, -0.05) is 18.6 Å². The molecule has 2 unspecified atom stereocenters. The van der Waals surface area contributed by atoms with Gasteiger partial charge in [-0.2, -0.15) is 0 Å². The second-order valence-corrected chi connectivity index (χ2v) is 6.53. The van der Waals surface area contributed by atoms with Gasteiger partial charge in [0.15, 0.2) is 0 Å². The van der Waals surface area contributed by atoms with Crippen LogP contribution in [0.4, 0.5) is 0 Å². The van der Waals surface area contributed by atoms with Gasteiger partial charge in [0.05, 0.1) is 12.2 Å². The van der Waals surface area contributed by atoms with Crippen LogP contribution in [0.15, 0.2) is 11.6 Å². The van der Waals surface area contributed by atoms with E-state index in [0.717, 1.165) is 5.92 Å². The second kappa shape index (κ2) is 4.42. The molecule has 1 spiro atoms. The molecule has 96 valence electrons. The maximum absolute atomic E-state index is 5.82. The quantitative estimate of drug-likeness (QED) is 0.507. The average Bonchev–Trinajstić information content (AvgIpc) is 3.06. The van der Waals surface area contributed by atoms with Gasteiger partial charge in [0.2, 0.25) is 0 Å². The second-order valence-electron chi connectivity index (χ2n) is 6.53. The van der Waals surface area contributed by atoms with Gasteiger partial charge in [-0.3, -0.25) is 0 Å². The lowest BCUT2D eigenvalue weighted by Crippen LogP contribution is -2.22. The molecule has 0 radical (unpaired) electrons. The molecule has 1 heterocycles. The molecule has 1 heteroatoms. The minimum Gasteiger partial charge on any atom is -0.369 e. The lowest BCUT2D eigenvalue weighted by atomic mass is 9.70. The Labute approximate surface area is 106 Å². The third-order valence-corrected chi connectivity index (χ3v) is 5.44. The molecule has 0 amide bonds. The zero-order valence-corrected chi connectivity index (χ0v) is 11.4. The van der Waals surface area contributed by atoms with Gasteiger partial charge >= 0.3 is 0 Å². The zero-order chi connectivity index (χ0) is 11.9. The lowest BCUT2D eigenvalue weighted by Gasteiger charge is -2.35. The molecule has 2 aliphatic carbocycles. The Morgan fingerprint density at radius 1 is 1.41 bits per heavy atom. The minimum atomic E-state index is 0.611. The Morgan fingerprint density at radius 3 is 3.00 bits per heavy atom. The highest BCUT2D eigenvalue weighted by Gasteiger charge is 2.50. The maximum atomic E-state index is 5.82. The van der Waals surface area contributed by atoms with Gasteiger partial charge in [-0.25, -0.2) is 0 Å². The molecule has 0 bridgehead atoms. The Bertz CT molecular complexity index is 319. The number of allylic oxidation sites excluding steroid dienone is 2. The molecule has 0 N–H and O–H groups in total. The molecule has 1 saturated heterocycles. The fourth-order valence-corrected chi connectivity index (χ4v) is 4.41. The van der Waals surface area contributed by atoms with Gasteiger partial charge in [-0.15, -0.1) is 0 Å². The first-order valence-corrected chi connectivity index (χ1v) is 7.56. The van der Waals surface area contributed by atoms with E-state index in [-0.39, 0.29) is 0 Å². The summed E-state index contributed by atoms with van der Waals surface area (Å²) < 4.78 is 5.82. The highest BCUT2D eigenvalue weighted by atomic mass is 16.6. The molecule has 4 atom stereocenters. The zero-order valence-electron chi connectivity index (χ0n) is 11.4. The summed E-state index contributed by atoms with van der Waals surface area (Å²) in [6, 6.07) is 0. The fourth-order valence-electron chi connectivity index (χ4n) is 4.41. The van der Waals surface area contributed by atoms with Gasteiger partial charge in [0, 0.05) is 0 Å². The third-order valence-electron chi connectivity index (χ3n) is 5.44. The van der Waals surface area contributed by atoms with Crippen molar-refractivity contribution in [2.24, 2.45) is 11.3 Å². The Balaban J connectivity index is 1.62. The maximum Gasteiger partial charge on any atom is 0.0870 e. The largest absolute Gasteiger partial charge is 0.369 e. The van der Waals surface area contributed by atoms with Gasteiger partial charge in [0.25, 0.3) is 0 Å². The third kappa shape index (κ3) is 2.19. The molecule has 17 heavy (non-hydrogen) atoms. The van der Waals surface area contributed by atoms with E-state index in [2.05, 4.69) is 19.9 Å². The standard InChI is InChI=1S/C16H26O/c1-3-12-6-5-8-16(10-12)9-7-13(11-16)15-14(4-2)17-15/h3,13-15H,4-11H2,1-2H3/b12-3+/t13-,14?,15?,16-/m0/s1. The number of rotatable bonds is 2. The van der Waals surface area contributed by atoms with Crippen molar-refractivity contribution in [2.75, 3.05) is 0 Å². The van der Waals surface area contributed by atoms with Crippen molar-refractivity contribution >= 4 is 0 Å². The molecule has 3 rings (SSSR count). The van der Waals surface area contributed by atoms with Crippen molar-refractivity contribution in [2.45, 2.75) is 77.4 Å². The van der Waals surface area contributed by atoms with Crippen molar-refractivity contribution in [3.05, 3.63) is 11.6 Å². The van der Waals surface area contributed by atoms with Crippen LogP contribution >= 0.6 is 0 Å². The predicted molar refractivity (Wildman–Crippen MR) is 71.0 cm³/mol. The van der Waals surface area contributed by atoms with E-state index in [1.807, 2.05) is 0 Å². The Hall–Kier alpha value is -0.300. The van der Waals surface area contributed by atoms with E-state index < -0.39 is 0 Å². The Kier molecular flexibility index (Phi) is 3.06. The van der Waals surface area contributed by atoms with E-state index in [0.29, 0.717) is 17.6 Å². The molecule has 3 aliphatic rings. The van der Waals surface area contributed by atoms with Crippen LogP contribution in [-0.2, 0) is 4.74 Å². The first-order valence-electron chi connectivity index (χ1n) is 7.56. The Morgan fingerprint density at radius 2 is 2.29 bits per heavy atom. The summed E-state index contributed by atoms with van der Waals surface area (Å²) in [6.45, 7) is 4.48. The summed E-state index contributed by atoms with van der Waals surface area (Å²) in [4.78, 5) is 0. The SMILES string of the molecule is C/C=C1\CCC[C@]2(CC[C@H](C3OC3CC)C2)C1. The van der Waals surface area contributed by atoms with Crippen LogP contribution in [0.3, 0.4) is 0 Å². The van der Waals surface area contributed by atoms with Crippen LogP contribution in [0.5, 0.6) is 0 Å². The summed E-state index contributed by atoms with van der Waals surface area (Å²) in [5.41, 5.74) is 2.40. The smallest absolute Gasteiger partial charge is 0.0870 e. The van der Waals surface area contributed by atoms with Crippen LogP contribution in [-0.4, -0.2) is 12.2 Å². The van der Waals surface area contributed by atoms with E-state index in [1.54, 1.807) is 5.57 Å². The summed E-state index contributed by atoms with van der Waals surface area (Å²) in [5.74, 6) is 0.885. The summed E-state index contributed by atoms with van der Waals surface area (Å²) in [5, 5.41) is 0. The van der Waals surface area contributed by atoms with Gasteiger partial charge < -0.3 is 4.74 Å². The molecule has 1 aliphatic heterocycles. The average molecular weight is 234 g/mol. The monoisotopic (exact) mass is 234 g/mol. The van der Waals surface area contributed by atoms with Crippen molar-refractivity contribution < 1.29 is 4.74 Å². The number of ether oxygens (including phenoxy) is 1. The molecular formula is C16H26O. The summed E-state index contributed by atoms with van der Waals surface area (Å²) in [7, 11) is 0. The molecule has 2 saturated carbocycles. The number of epoxide rings is 1. The summed E-state index contributed by atoms with van der Waals surface area (Å²) >= 11 is 0. The molecule has 0 aromatic carbocycles. The first-order chi connectivity index (χ1) is 8.26. The van der Waals surface area contributed by atoms with Crippen molar-refractivity contribution in [3.8, 4) is 0 Å². The number of hydrogen-bond donors (Lipinski definition) is 0. The highest BCUT2D eigenvalue weighted by molar-refractivity contribution is 5.11. The highest BCUT2D eigenvalue weighted by Crippen LogP contribution is 2.55. The summed E-state index contributed by atoms with van der Waals surface area (Å²) in [6.07, 6.45) is 14.8. The van der Waals surface area contributed by atoms with E-state index >= 15 is 0 Å². The van der Waals surface area contributed by atoms with Crippen LogP contribution < -0.4 is 0 Å². The van der Waals surface area contributed by atoms with Crippen LogP contribution in [0.1, 0.15) is 65.2 Å². The van der Waals surface area contributed by atoms with Gasteiger partial charge in [-0.05, 0) is 69.6 Å². The molecule has 0 aromatic rings. The van der Waals surface area contributed by atoms with Crippen molar-refractivity contribution in [3.63, 3.8) is 0 Å². The van der Waals surface area contributed by atoms with Crippen molar-refractivity contribution in [1.29, 1.82) is 0 Å². The normalized spacial score (nSPS) is 47.9. The van der Waals surface area contributed by atoms with Crippen molar-refractivity contribution in [1.82, 2.24) is 0 Å². The first kappa shape index (κ1) is 11.8. The molecule has 1 nitrogen and oxygen atoms in total. The topological polar surface area (TPSA) is 12.5 Å². The van der Waals surface area contributed by atoms with E-state index in [1.165, 1.54) is 51.4 Å². The van der Waals surface area contributed by atoms with Crippen LogP contribution in [0, 0.1) is 11.3 Å². The van der Waals surface area contributed by atoms with Crippen LogP contribution in [0.25, 0.3) is 0 Å². The van der Waals surface area contributed by atoms with E-state index in [9.17, 15) is 0 Å². The fraction of sp³-hybridized carbons (Fsp3) is 0.875. The molecular weight excluding hydrogens is 208 g/mol. The lowest BCUT2D eigenvalue weighted by molar-refractivity contribution is 0.215. The molecule has 0 aromatic heterocycles. The van der Waals surface area contributed by atoms with Crippen LogP contribution in [0.2, 0.25) is 0 Å². The molecule has 3 fully saturated rings. The predicted octanol–water partition coefficient (Wildman–Crippen LogP) is 4.47. The minimum absolute atomic E-state index is 0.611.